The molecule has 0 aromatic carbocycles. The summed E-state index contributed by atoms with van der Waals surface area (Å²) in [4.78, 5) is 11.7. The largest absolute Gasteiger partial charge is 0.396 e. The number of rotatable bonds is 5. The van der Waals surface area contributed by atoms with Crippen LogP contribution in [0.5, 0.6) is 0 Å². The van der Waals surface area contributed by atoms with E-state index in [-0.39, 0.29) is 29.3 Å². The maximum Gasteiger partial charge on any atom is 0.315 e. The molecule has 1 aliphatic carbocycles. The second-order valence-electron chi connectivity index (χ2n) is 5.42. The lowest BCUT2D eigenvalue weighted by molar-refractivity contribution is 0.121. The highest BCUT2D eigenvalue weighted by Crippen LogP contribution is 2.37. The average Bonchev–Trinajstić information content (AvgIpc) is 2.68. The zero-order valence-electron chi connectivity index (χ0n) is 11.4. The zero-order chi connectivity index (χ0) is 13.8. The first-order valence-corrected chi connectivity index (χ1v) is 7.98. The highest BCUT2D eigenvalue weighted by atomic mass is 32.2. The monoisotopic (exact) mass is 276 g/mol. The van der Waals surface area contributed by atoms with Gasteiger partial charge in [-0.25, -0.2) is 4.79 Å². The van der Waals surface area contributed by atoms with E-state index in [0.29, 0.717) is 6.54 Å². The Morgan fingerprint density at radius 1 is 1.61 bits per heavy atom. The van der Waals surface area contributed by atoms with Crippen LogP contribution >= 0.6 is 0 Å². The molecule has 4 unspecified atom stereocenters. The Kier molecular flexibility index (Phi) is 5.59. The molecule has 6 heteroatoms. The van der Waals surface area contributed by atoms with Crippen molar-refractivity contribution in [2.75, 3.05) is 19.4 Å². The molecule has 0 bridgehead atoms. The molecular formula is C12H24N2O3S. The van der Waals surface area contributed by atoms with E-state index in [1.165, 1.54) is 0 Å². The van der Waals surface area contributed by atoms with Crippen LogP contribution in [0.25, 0.3) is 0 Å². The van der Waals surface area contributed by atoms with Crippen LogP contribution in [0.4, 0.5) is 4.79 Å². The number of carbonyl (C=O) groups is 1. The Labute approximate surface area is 111 Å². The molecule has 0 aliphatic heterocycles. The number of nitrogens with one attached hydrogen (secondary N) is 2. The number of hydrogen-bond acceptors (Lipinski definition) is 3. The lowest BCUT2D eigenvalue weighted by Crippen LogP contribution is -2.49. The topological polar surface area (TPSA) is 78.4 Å². The first-order valence-electron chi connectivity index (χ1n) is 6.36. The summed E-state index contributed by atoms with van der Waals surface area (Å²) in [6.07, 6.45) is 4.49. The quantitative estimate of drug-likeness (QED) is 0.688. The molecular weight excluding hydrogens is 252 g/mol. The summed E-state index contributed by atoms with van der Waals surface area (Å²) < 4.78 is 11.2. The van der Waals surface area contributed by atoms with Crippen molar-refractivity contribution in [1.29, 1.82) is 0 Å². The van der Waals surface area contributed by atoms with Crippen molar-refractivity contribution in [3.05, 3.63) is 0 Å². The SMILES string of the molecule is CC(CNC(=O)NC1CCCC1(C)CO)S(C)=O. The van der Waals surface area contributed by atoms with E-state index in [2.05, 4.69) is 10.6 Å². The smallest absolute Gasteiger partial charge is 0.315 e. The number of aliphatic hydroxyl groups excluding tert-OH is 1. The van der Waals surface area contributed by atoms with Crippen LogP contribution in [0.3, 0.4) is 0 Å². The van der Waals surface area contributed by atoms with Crippen LogP contribution < -0.4 is 10.6 Å². The van der Waals surface area contributed by atoms with Gasteiger partial charge in [0.05, 0.1) is 6.61 Å². The normalized spacial score (nSPS) is 30.8. The van der Waals surface area contributed by atoms with E-state index in [0.717, 1.165) is 19.3 Å². The fraction of sp³-hybridized carbons (Fsp3) is 0.917. The van der Waals surface area contributed by atoms with E-state index in [9.17, 15) is 14.1 Å². The predicted molar refractivity (Wildman–Crippen MR) is 72.9 cm³/mol. The van der Waals surface area contributed by atoms with Crippen LogP contribution in [0.1, 0.15) is 33.1 Å². The second kappa shape index (κ2) is 6.52. The highest BCUT2D eigenvalue weighted by Gasteiger charge is 2.39. The number of urea groups is 1. The lowest BCUT2D eigenvalue weighted by Gasteiger charge is -2.30. The number of carbonyl (C=O) groups excluding carboxylic acids is 1. The Morgan fingerprint density at radius 3 is 2.83 bits per heavy atom. The van der Waals surface area contributed by atoms with Crippen LogP contribution in [0.15, 0.2) is 0 Å². The Hall–Kier alpha value is -0.620. The molecule has 0 radical (unpaired) electrons. The summed E-state index contributed by atoms with van der Waals surface area (Å²) >= 11 is 0. The third-order valence-corrected chi connectivity index (χ3v) is 5.17. The minimum absolute atomic E-state index is 0.0185. The van der Waals surface area contributed by atoms with E-state index >= 15 is 0 Å². The van der Waals surface area contributed by atoms with Gasteiger partial charge < -0.3 is 15.7 Å². The van der Waals surface area contributed by atoms with E-state index < -0.39 is 10.8 Å². The molecule has 3 N–H and O–H groups in total. The summed E-state index contributed by atoms with van der Waals surface area (Å²) in [6, 6.07) is -0.219. The van der Waals surface area contributed by atoms with Crippen LogP contribution in [0.2, 0.25) is 0 Å². The first-order chi connectivity index (χ1) is 8.39. The summed E-state index contributed by atoms with van der Waals surface area (Å²) in [6.45, 7) is 4.32. The minimum atomic E-state index is -0.930. The molecule has 1 aliphatic rings. The number of amides is 2. The molecule has 5 nitrogen and oxygen atoms in total. The van der Waals surface area contributed by atoms with Crippen molar-refractivity contribution < 1.29 is 14.1 Å². The average molecular weight is 276 g/mol. The lowest BCUT2D eigenvalue weighted by atomic mass is 9.86. The molecule has 1 fully saturated rings. The van der Waals surface area contributed by atoms with Gasteiger partial charge in [-0.15, -0.1) is 0 Å². The van der Waals surface area contributed by atoms with Crippen molar-refractivity contribution in [1.82, 2.24) is 10.6 Å². The molecule has 4 atom stereocenters. The summed E-state index contributed by atoms with van der Waals surface area (Å²) in [5.41, 5.74) is -0.212. The standard InChI is InChI=1S/C12H24N2O3S/c1-9(18(3)17)7-13-11(16)14-10-5-4-6-12(10,2)8-15/h9-10,15H,4-8H2,1-3H3,(H2,13,14,16). The fourth-order valence-corrected chi connectivity index (χ4v) is 2.55. The molecule has 1 saturated carbocycles. The van der Waals surface area contributed by atoms with Gasteiger partial charge in [0, 0.05) is 40.3 Å². The third-order valence-electron chi connectivity index (χ3n) is 3.87. The minimum Gasteiger partial charge on any atom is -0.396 e. The molecule has 0 aromatic heterocycles. The van der Waals surface area contributed by atoms with Gasteiger partial charge in [0.15, 0.2) is 0 Å². The number of aliphatic hydroxyl groups is 1. The van der Waals surface area contributed by atoms with Crippen LogP contribution in [0, 0.1) is 5.41 Å². The Bertz CT molecular complexity index is 324. The molecule has 0 aromatic rings. The highest BCUT2D eigenvalue weighted by molar-refractivity contribution is 7.84. The van der Waals surface area contributed by atoms with Gasteiger partial charge in [-0.2, -0.15) is 0 Å². The molecule has 2 amide bonds. The van der Waals surface area contributed by atoms with Crippen molar-refractivity contribution in [3.63, 3.8) is 0 Å². The van der Waals surface area contributed by atoms with Crippen LogP contribution in [-0.4, -0.2) is 46.0 Å². The summed E-state index contributed by atoms with van der Waals surface area (Å²) in [5.74, 6) is 0. The van der Waals surface area contributed by atoms with Gasteiger partial charge in [-0.3, -0.25) is 4.21 Å². The molecule has 0 heterocycles. The van der Waals surface area contributed by atoms with E-state index in [1.54, 1.807) is 6.26 Å². The van der Waals surface area contributed by atoms with Crippen molar-refractivity contribution in [2.45, 2.75) is 44.4 Å². The van der Waals surface area contributed by atoms with Gasteiger partial charge in [0.2, 0.25) is 0 Å². The van der Waals surface area contributed by atoms with Gasteiger partial charge >= 0.3 is 6.03 Å². The fourth-order valence-electron chi connectivity index (χ4n) is 2.23. The molecule has 0 saturated heterocycles. The van der Waals surface area contributed by atoms with E-state index in [4.69, 9.17) is 0 Å². The maximum absolute atomic E-state index is 11.7. The van der Waals surface area contributed by atoms with Gasteiger partial charge in [-0.1, -0.05) is 13.3 Å². The van der Waals surface area contributed by atoms with E-state index in [1.807, 2.05) is 13.8 Å². The Balaban J connectivity index is 2.38. The van der Waals surface area contributed by atoms with Crippen molar-refractivity contribution in [2.24, 2.45) is 5.41 Å². The van der Waals surface area contributed by atoms with Crippen LogP contribution in [-0.2, 0) is 10.8 Å². The first kappa shape index (κ1) is 15.4. The van der Waals surface area contributed by atoms with Gasteiger partial charge in [-0.05, 0) is 19.8 Å². The summed E-state index contributed by atoms with van der Waals surface area (Å²) in [7, 11) is -0.930. The predicted octanol–water partition coefficient (Wildman–Crippen LogP) is 0.604. The van der Waals surface area contributed by atoms with Gasteiger partial charge in [0.1, 0.15) is 0 Å². The molecule has 106 valence electrons. The summed E-state index contributed by atoms with van der Waals surface area (Å²) in [5, 5.41) is 15.0. The van der Waals surface area contributed by atoms with Gasteiger partial charge in [0.25, 0.3) is 0 Å². The van der Waals surface area contributed by atoms with Crippen molar-refractivity contribution >= 4 is 16.8 Å². The zero-order valence-corrected chi connectivity index (χ0v) is 12.2. The molecule has 0 spiro atoms. The second-order valence-corrected chi connectivity index (χ2v) is 7.22. The number of hydrogen-bond donors (Lipinski definition) is 3. The Morgan fingerprint density at radius 2 is 2.28 bits per heavy atom. The maximum atomic E-state index is 11.7. The molecule has 18 heavy (non-hydrogen) atoms. The third kappa shape index (κ3) is 3.95. The molecule has 1 rings (SSSR count). The van der Waals surface area contributed by atoms with Crippen molar-refractivity contribution in [3.8, 4) is 0 Å².